The topological polar surface area (TPSA) is 77.5 Å². The highest BCUT2D eigenvalue weighted by Crippen LogP contribution is 2.28. The van der Waals surface area contributed by atoms with Crippen LogP contribution in [0.15, 0.2) is 72.3 Å². The SMILES string of the molecule is CC#Cc1nc2ccccc2cc1CNC(=O)C1=CC(CC)(OCc2ccccc2)C(=O)OC1. The number of fused-ring (bicyclic) bond motifs is 1. The van der Waals surface area contributed by atoms with E-state index in [0.717, 1.165) is 22.0 Å². The van der Waals surface area contributed by atoms with Crippen LogP contribution in [0.25, 0.3) is 10.9 Å². The fraction of sp³-hybridized carbons (Fsp3) is 0.250. The normalized spacial score (nSPS) is 17.4. The van der Waals surface area contributed by atoms with Gasteiger partial charge in [-0.1, -0.05) is 61.4 Å². The first kappa shape index (κ1) is 23.2. The number of cyclic esters (lactones) is 1. The van der Waals surface area contributed by atoms with E-state index in [1.165, 1.54) is 0 Å². The van der Waals surface area contributed by atoms with Crippen LogP contribution in [0.2, 0.25) is 0 Å². The molecule has 1 unspecified atom stereocenters. The Hall–Kier alpha value is -3.95. The molecule has 1 aromatic heterocycles. The van der Waals surface area contributed by atoms with Gasteiger partial charge in [0.2, 0.25) is 0 Å². The molecular weight excluding hydrogens is 428 g/mol. The van der Waals surface area contributed by atoms with Crippen molar-refractivity contribution in [3.05, 3.63) is 89.1 Å². The highest BCUT2D eigenvalue weighted by molar-refractivity contribution is 5.97. The van der Waals surface area contributed by atoms with Crippen molar-refractivity contribution in [1.29, 1.82) is 0 Å². The lowest BCUT2D eigenvalue weighted by atomic mass is 9.94. The number of hydrogen-bond acceptors (Lipinski definition) is 5. The van der Waals surface area contributed by atoms with Crippen LogP contribution in [-0.2, 0) is 32.2 Å². The van der Waals surface area contributed by atoms with Gasteiger partial charge in [-0.25, -0.2) is 9.78 Å². The van der Waals surface area contributed by atoms with E-state index in [4.69, 9.17) is 9.47 Å². The minimum Gasteiger partial charge on any atom is -0.458 e. The average molecular weight is 455 g/mol. The minimum atomic E-state index is -1.30. The van der Waals surface area contributed by atoms with Gasteiger partial charge < -0.3 is 14.8 Å². The molecule has 34 heavy (non-hydrogen) atoms. The number of nitrogens with one attached hydrogen (secondary N) is 1. The van der Waals surface area contributed by atoms with Crippen LogP contribution in [0.4, 0.5) is 0 Å². The zero-order valence-electron chi connectivity index (χ0n) is 19.3. The van der Waals surface area contributed by atoms with Gasteiger partial charge in [0.25, 0.3) is 5.91 Å². The first-order chi connectivity index (χ1) is 16.5. The van der Waals surface area contributed by atoms with Gasteiger partial charge in [-0.2, -0.15) is 0 Å². The summed E-state index contributed by atoms with van der Waals surface area (Å²) in [6, 6.07) is 19.3. The van der Waals surface area contributed by atoms with Crippen molar-refractivity contribution >= 4 is 22.8 Å². The second-order valence-corrected chi connectivity index (χ2v) is 8.01. The maximum absolute atomic E-state index is 13.0. The molecule has 1 N–H and O–H groups in total. The third-order valence-electron chi connectivity index (χ3n) is 5.75. The Labute approximate surface area is 199 Å². The quantitative estimate of drug-likeness (QED) is 0.430. The number of pyridine rings is 1. The van der Waals surface area contributed by atoms with E-state index in [0.29, 0.717) is 17.7 Å². The number of aromatic nitrogens is 1. The Balaban J connectivity index is 1.52. The van der Waals surface area contributed by atoms with Gasteiger partial charge in [0.1, 0.15) is 12.3 Å². The summed E-state index contributed by atoms with van der Waals surface area (Å²) < 4.78 is 11.4. The second kappa shape index (κ2) is 10.3. The lowest BCUT2D eigenvalue weighted by Crippen LogP contribution is -2.46. The van der Waals surface area contributed by atoms with Crippen LogP contribution < -0.4 is 5.32 Å². The van der Waals surface area contributed by atoms with Crippen molar-refractivity contribution in [2.24, 2.45) is 0 Å². The summed E-state index contributed by atoms with van der Waals surface area (Å²) in [5.41, 5.74) is 2.27. The number of esters is 1. The van der Waals surface area contributed by atoms with Crippen LogP contribution >= 0.6 is 0 Å². The van der Waals surface area contributed by atoms with Gasteiger partial charge in [-0.05, 0) is 43.0 Å². The van der Waals surface area contributed by atoms with Crippen LogP contribution in [0, 0.1) is 11.8 Å². The minimum absolute atomic E-state index is 0.0985. The molecule has 0 radical (unpaired) electrons. The van der Waals surface area contributed by atoms with Gasteiger partial charge in [-0.15, -0.1) is 0 Å². The van der Waals surface area contributed by atoms with Crippen molar-refractivity contribution in [1.82, 2.24) is 10.3 Å². The fourth-order valence-electron chi connectivity index (χ4n) is 3.82. The number of para-hydroxylation sites is 1. The summed E-state index contributed by atoms with van der Waals surface area (Å²) in [5, 5.41) is 3.89. The molecule has 172 valence electrons. The number of ether oxygens (including phenoxy) is 2. The highest BCUT2D eigenvalue weighted by Gasteiger charge is 2.42. The number of benzene rings is 2. The molecule has 0 saturated carbocycles. The van der Waals surface area contributed by atoms with Crippen molar-refractivity contribution in [3.8, 4) is 11.8 Å². The first-order valence-electron chi connectivity index (χ1n) is 11.2. The van der Waals surface area contributed by atoms with E-state index < -0.39 is 11.6 Å². The van der Waals surface area contributed by atoms with Crippen molar-refractivity contribution in [3.63, 3.8) is 0 Å². The molecule has 1 atom stereocenters. The van der Waals surface area contributed by atoms with E-state index in [1.54, 1.807) is 13.0 Å². The van der Waals surface area contributed by atoms with Gasteiger partial charge >= 0.3 is 5.97 Å². The number of hydrogen-bond donors (Lipinski definition) is 1. The summed E-state index contributed by atoms with van der Waals surface area (Å²) >= 11 is 0. The molecule has 1 aliphatic heterocycles. The summed E-state index contributed by atoms with van der Waals surface area (Å²) in [6.07, 6.45) is 1.95. The average Bonchev–Trinajstić information content (AvgIpc) is 2.87. The number of carbonyl (C=O) groups is 2. The molecule has 0 saturated heterocycles. The summed E-state index contributed by atoms with van der Waals surface area (Å²) in [7, 11) is 0. The van der Waals surface area contributed by atoms with Gasteiger partial charge in [0.15, 0.2) is 5.60 Å². The molecule has 3 aromatic rings. The number of rotatable bonds is 7. The Kier molecular flexibility index (Phi) is 7.05. The second-order valence-electron chi connectivity index (χ2n) is 8.01. The lowest BCUT2D eigenvalue weighted by molar-refractivity contribution is -0.169. The molecule has 2 heterocycles. The summed E-state index contributed by atoms with van der Waals surface area (Å²) in [6.45, 7) is 3.96. The molecule has 0 aliphatic carbocycles. The molecule has 2 aromatic carbocycles. The van der Waals surface area contributed by atoms with E-state index in [9.17, 15) is 9.59 Å². The summed E-state index contributed by atoms with van der Waals surface area (Å²) in [4.78, 5) is 30.2. The van der Waals surface area contributed by atoms with Crippen molar-refractivity contribution in [2.75, 3.05) is 6.61 Å². The van der Waals surface area contributed by atoms with E-state index >= 15 is 0 Å². The van der Waals surface area contributed by atoms with Gasteiger partial charge in [0.05, 0.1) is 17.7 Å². The maximum atomic E-state index is 13.0. The number of amides is 1. The van der Waals surface area contributed by atoms with Crippen molar-refractivity contribution < 1.29 is 19.1 Å². The fourth-order valence-corrected chi connectivity index (χ4v) is 3.82. The van der Waals surface area contributed by atoms with Crippen molar-refractivity contribution in [2.45, 2.75) is 39.0 Å². The van der Waals surface area contributed by atoms with E-state index in [2.05, 4.69) is 22.1 Å². The zero-order valence-corrected chi connectivity index (χ0v) is 19.3. The number of carbonyl (C=O) groups excluding carboxylic acids is 2. The Morgan fingerprint density at radius 3 is 2.71 bits per heavy atom. The molecule has 1 aliphatic rings. The molecular formula is C28H26N2O4. The maximum Gasteiger partial charge on any atom is 0.342 e. The molecule has 6 heteroatoms. The Morgan fingerprint density at radius 1 is 1.18 bits per heavy atom. The molecule has 0 bridgehead atoms. The standard InChI is InChI=1S/C28H26N2O4/c1-3-10-24-22(15-21-13-8-9-14-25(21)30-24)17-29-26(31)23-16-28(4-2,27(32)33-19-23)34-18-20-11-6-5-7-12-20/h5-9,11-16H,4,17-19H2,1-2H3,(H,29,31). The monoisotopic (exact) mass is 454 g/mol. The third kappa shape index (κ3) is 5.00. The predicted molar refractivity (Wildman–Crippen MR) is 129 cm³/mol. The highest BCUT2D eigenvalue weighted by atomic mass is 16.6. The molecule has 1 amide bonds. The third-order valence-corrected chi connectivity index (χ3v) is 5.75. The number of nitrogens with zero attached hydrogens (tertiary/aromatic N) is 1. The Bertz CT molecular complexity index is 1300. The van der Waals surface area contributed by atoms with Gasteiger partial charge in [0, 0.05) is 17.5 Å². The molecule has 0 fully saturated rings. The predicted octanol–water partition coefficient (Wildman–Crippen LogP) is 4.07. The van der Waals surface area contributed by atoms with Crippen LogP contribution in [0.5, 0.6) is 0 Å². The molecule has 6 nitrogen and oxygen atoms in total. The zero-order chi connectivity index (χ0) is 24.0. The van der Waals surface area contributed by atoms with E-state index in [-0.39, 0.29) is 25.7 Å². The molecule has 0 spiro atoms. The van der Waals surface area contributed by atoms with E-state index in [1.807, 2.05) is 67.6 Å². The van der Waals surface area contributed by atoms with Crippen LogP contribution in [0.1, 0.15) is 37.1 Å². The first-order valence-corrected chi connectivity index (χ1v) is 11.2. The van der Waals surface area contributed by atoms with Gasteiger partial charge in [-0.3, -0.25) is 4.79 Å². The Morgan fingerprint density at radius 2 is 1.94 bits per heavy atom. The lowest BCUT2D eigenvalue weighted by Gasteiger charge is -2.32. The summed E-state index contributed by atoms with van der Waals surface area (Å²) in [5.74, 6) is 5.09. The molecule has 4 rings (SSSR count). The smallest absolute Gasteiger partial charge is 0.342 e. The van der Waals surface area contributed by atoms with Crippen LogP contribution in [0.3, 0.4) is 0 Å². The van der Waals surface area contributed by atoms with Crippen LogP contribution in [-0.4, -0.2) is 29.1 Å². The largest absolute Gasteiger partial charge is 0.458 e.